The summed E-state index contributed by atoms with van der Waals surface area (Å²) in [6, 6.07) is 3.83. The maximum absolute atomic E-state index is 12.6. The zero-order valence-electron chi connectivity index (χ0n) is 20.3. The molecule has 3 rings (SSSR count). The van der Waals surface area contributed by atoms with Gasteiger partial charge in [-0.05, 0) is 74.6 Å². The molecule has 1 saturated heterocycles. The molecule has 1 aliphatic rings. The summed E-state index contributed by atoms with van der Waals surface area (Å²) in [6.07, 6.45) is 6.08. The monoisotopic (exact) mass is 489 g/mol. The Bertz CT molecular complexity index is 923. The lowest BCUT2D eigenvalue weighted by molar-refractivity contribution is 0.0779. The summed E-state index contributed by atoms with van der Waals surface area (Å²) < 4.78 is 6.05. The highest BCUT2D eigenvalue weighted by Gasteiger charge is 2.25. The Morgan fingerprint density at radius 3 is 2.38 bits per heavy atom. The van der Waals surface area contributed by atoms with Gasteiger partial charge in [-0.1, -0.05) is 18.5 Å². The molecule has 1 aliphatic heterocycles. The number of carbonyl (C=O) groups excluding carboxylic acids is 1. The van der Waals surface area contributed by atoms with Gasteiger partial charge in [-0.2, -0.15) is 0 Å². The third-order valence-electron chi connectivity index (χ3n) is 6.78. The summed E-state index contributed by atoms with van der Waals surface area (Å²) in [5.74, 6) is 2.71. The SMILES string of the molecule is Cc1cc(OCC[C@@H](C)C2CCN(c3ncc(Cl)cn3)CC2)cc(C)c1C(=O)CC[C@@H](O)CO. The van der Waals surface area contributed by atoms with Crippen molar-refractivity contribution in [1.29, 1.82) is 0 Å². The van der Waals surface area contributed by atoms with Crippen molar-refractivity contribution >= 4 is 23.3 Å². The molecule has 0 amide bonds. The average Bonchev–Trinajstić information content (AvgIpc) is 2.82. The number of aliphatic hydroxyl groups excluding tert-OH is 2. The molecule has 0 aliphatic carbocycles. The third-order valence-corrected chi connectivity index (χ3v) is 6.97. The fraction of sp³-hybridized carbons (Fsp3) is 0.577. The minimum atomic E-state index is -0.854. The summed E-state index contributed by atoms with van der Waals surface area (Å²) >= 11 is 5.89. The van der Waals surface area contributed by atoms with E-state index in [1.54, 1.807) is 12.4 Å². The number of piperidine rings is 1. The van der Waals surface area contributed by atoms with Crippen molar-refractivity contribution in [2.24, 2.45) is 11.8 Å². The van der Waals surface area contributed by atoms with E-state index >= 15 is 0 Å². The number of ketones is 1. The van der Waals surface area contributed by atoms with Gasteiger partial charge in [0.25, 0.3) is 0 Å². The van der Waals surface area contributed by atoms with Crippen LogP contribution in [0, 0.1) is 25.7 Å². The number of aliphatic hydroxyl groups is 2. The second kappa shape index (κ2) is 12.5. The van der Waals surface area contributed by atoms with Crippen LogP contribution in [0.3, 0.4) is 0 Å². The molecule has 2 atom stereocenters. The van der Waals surface area contributed by atoms with E-state index in [0.717, 1.165) is 55.2 Å². The number of ether oxygens (including phenoxy) is 1. The number of carbonyl (C=O) groups is 1. The smallest absolute Gasteiger partial charge is 0.225 e. The predicted molar refractivity (Wildman–Crippen MR) is 134 cm³/mol. The Morgan fingerprint density at radius 1 is 1.18 bits per heavy atom. The zero-order valence-corrected chi connectivity index (χ0v) is 21.1. The molecule has 186 valence electrons. The Hall–Kier alpha value is -2.22. The van der Waals surface area contributed by atoms with E-state index in [1.807, 2.05) is 26.0 Å². The third kappa shape index (κ3) is 7.14. The molecule has 0 unspecified atom stereocenters. The molecule has 0 bridgehead atoms. The predicted octanol–water partition coefficient (Wildman–Crippen LogP) is 4.38. The lowest BCUT2D eigenvalue weighted by Gasteiger charge is -2.34. The minimum absolute atomic E-state index is 0.0157. The number of aryl methyl sites for hydroxylation is 2. The molecule has 7 nitrogen and oxygen atoms in total. The second-order valence-electron chi connectivity index (χ2n) is 9.37. The summed E-state index contributed by atoms with van der Waals surface area (Å²) in [7, 11) is 0. The van der Waals surface area contributed by atoms with E-state index in [4.69, 9.17) is 21.4 Å². The second-order valence-corrected chi connectivity index (χ2v) is 9.81. The van der Waals surface area contributed by atoms with Crippen molar-refractivity contribution in [1.82, 2.24) is 9.97 Å². The number of nitrogens with zero attached hydrogens (tertiary/aromatic N) is 3. The number of rotatable bonds is 11. The molecular formula is C26H36ClN3O4. The minimum Gasteiger partial charge on any atom is -0.494 e. The summed E-state index contributed by atoms with van der Waals surface area (Å²) in [5, 5.41) is 19.0. The van der Waals surface area contributed by atoms with Crippen LogP contribution in [-0.4, -0.2) is 58.4 Å². The molecule has 8 heteroatoms. The maximum Gasteiger partial charge on any atom is 0.225 e. The molecule has 1 aromatic heterocycles. The van der Waals surface area contributed by atoms with Gasteiger partial charge in [0.15, 0.2) is 5.78 Å². The Labute approximate surface area is 207 Å². The molecule has 2 heterocycles. The first kappa shape index (κ1) is 26.4. The first-order valence-electron chi connectivity index (χ1n) is 12.1. The summed E-state index contributed by atoms with van der Waals surface area (Å²) in [6.45, 7) is 8.32. The highest BCUT2D eigenvalue weighted by molar-refractivity contribution is 6.30. The van der Waals surface area contributed by atoms with Crippen LogP contribution in [0.5, 0.6) is 5.75 Å². The van der Waals surface area contributed by atoms with Crippen LogP contribution < -0.4 is 9.64 Å². The number of hydrogen-bond donors (Lipinski definition) is 2. The molecule has 34 heavy (non-hydrogen) atoms. The lowest BCUT2D eigenvalue weighted by atomic mass is 9.84. The molecule has 0 saturated carbocycles. The van der Waals surface area contributed by atoms with Crippen LogP contribution in [0.1, 0.15) is 60.5 Å². The van der Waals surface area contributed by atoms with Crippen LogP contribution in [0.4, 0.5) is 5.95 Å². The van der Waals surface area contributed by atoms with Gasteiger partial charge in [-0.15, -0.1) is 0 Å². The van der Waals surface area contributed by atoms with Gasteiger partial charge in [-0.3, -0.25) is 4.79 Å². The highest BCUT2D eigenvalue weighted by atomic mass is 35.5. The number of aromatic nitrogens is 2. The Kier molecular flexibility index (Phi) is 9.68. The van der Waals surface area contributed by atoms with Crippen LogP contribution in [0.25, 0.3) is 0 Å². The van der Waals surface area contributed by atoms with Gasteiger partial charge in [0.1, 0.15) is 5.75 Å². The van der Waals surface area contributed by atoms with Crippen molar-refractivity contribution in [3.8, 4) is 5.75 Å². The van der Waals surface area contributed by atoms with Crippen LogP contribution in [0.2, 0.25) is 5.02 Å². The first-order chi connectivity index (χ1) is 16.3. The number of anilines is 1. The van der Waals surface area contributed by atoms with E-state index in [0.29, 0.717) is 29.0 Å². The van der Waals surface area contributed by atoms with Crippen molar-refractivity contribution in [3.63, 3.8) is 0 Å². The van der Waals surface area contributed by atoms with E-state index in [1.165, 1.54) is 0 Å². The molecule has 2 aromatic rings. The fourth-order valence-electron chi connectivity index (χ4n) is 4.70. The number of hydrogen-bond acceptors (Lipinski definition) is 7. The van der Waals surface area contributed by atoms with E-state index in [2.05, 4.69) is 21.8 Å². The van der Waals surface area contributed by atoms with Gasteiger partial charge < -0.3 is 19.8 Å². The van der Waals surface area contributed by atoms with E-state index < -0.39 is 6.10 Å². The average molecular weight is 490 g/mol. The van der Waals surface area contributed by atoms with Gasteiger partial charge in [-0.25, -0.2) is 9.97 Å². The standard InChI is InChI=1S/C26H36ClN3O4/c1-17(20-6-9-30(10-7-20)26-28-14-21(27)15-29-26)8-11-34-23-12-18(2)25(19(3)13-23)24(33)5-4-22(32)16-31/h12-15,17,20,22,31-32H,4-11,16H2,1-3H3/t17-,22-/m1/s1. The zero-order chi connectivity index (χ0) is 24.7. The van der Waals surface area contributed by atoms with Crippen LogP contribution in [0.15, 0.2) is 24.5 Å². The normalized spacial score (nSPS) is 16.4. The number of benzene rings is 1. The number of halogens is 1. The van der Waals surface area contributed by atoms with Crippen LogP contribution in [-0.2, 0) is 0 Å². The Morgan fingerprint density at radius 2 is 1.79 bits per heavy atom. The molecule has 1 aromatic carbocycles. The quantitative estimate of drug-likeness (QED) is 0.452. The lowest BCUT2D eigenvalue weighted by Crippen LogP contribution is -2.36. The fourth-order valence-corrected chi connectivity index (χ4v) is 4.79. The maximum atomic E-state index is 12.6. The van der Waals surface area contributed by atoms with E-state index in [9.17, 15) is 9.90 Å². The highest BCUT2D eigenvalue weighted by Crippen LogP contribution is 2.29. The molecule has 2 N–H and O–H groups in total. The van der Waals surface area contributed by atoms with Gasteiger partial charge in [0, 0.05) is 25.1 Å². The van der Waals surface area contributed by atoms with Crippen molar-refractivity contribution in [3.05, 3.63) is 46.2 Å². The first-order valence-corrected chi connectivity index (χ1v) is 12.4. The Balaban J connectivity index is 1.46. The van der Waals surface area contributed by atoms with Crippen LogP contribution >= 0.6 is 11.6 Å². The van der Waals surface area contributed by atoms with Gasteiger partial charge in [0.05, 0.1) is 36.7 Å². The number of Topliss-reactive ketones (excluding diaryl/α,β-unsaturated/α-hetero) is 1. The van der Waals surface area contributed by atoms with Crippen molar-refractivity contribution < 1.29 is 19.7 Å². The van der Waals surface area contributed by atoms with Gasteiger partial charge >= 0.3 is 0 Å². The molecular weight excluding hydrogens is 454 g/mol. The summed E-state index contributed by atoms with van der Waals surface area (Å²) in [4.78, 5) is 23.4. The van der Waals surface area contributed by atoms with Crippen molar-refractivity contribution in [2.75, 3.05) is 31.2 Å². The van der Waals surface area contributed by atoms with Crippen molar-refractivity contribution in [2.45, 2.75) is 59.0 Å². The van der Waals surface area contributed by atoms with Gasteiger partial charge in [0.2, 0.25) is 5.95 Å². The van der Waals surface area contributed by atoms with E-state index in [-0.39, 0.29) is 25.2 Å². The summed E-state index contributed by atoms with van der Waals surface area (Å²) in [5.41, 5.74) is 2.44. The molecule has 0 radical (unpaired) electrons. The largest absolute Gasteiger partial charge is 0.494 e. The molecule has 1 fully saturated rings. The topological polar surface area (TPSA) is 95.8 Å². The molecule has 0 spiro atoms.